The molecule has 0 saturated carbocycles. The lowest BCUT2D eigenvalue weighted by Gasteiger charge is -2.28. The van der Waals surface area contributed by atoms with Gasteiger partial charge in [0.25, 0.3) is 0 Å². The van der Waals surface area contributed by atoms with Crippen LogP contribution in [0.25, 0.3) is 0 Å². The molecule has 1 heterocycles. The first kappa shape index (κ1) is 4.13. The van der Waals surface area contributed by atoms with E-state index in [2.05, 4.69) is 19.2 Å². The predicted molar refractivity (Wildman–Crippen MR) is 25.7 cm³/mol. The van der Waals surface area contributed by atoms with Crippen molar-refractivity contribution in [2.24, 2.45) is 0 Å². The van der Waals surface area contributed by atoms with E-state index in [1.54, 1.807) is 0 Å². The van der Waals surface area contributed by atoms with Gasteiger partial charge in [0.05, 0.1) is 0 Å². The van der Waals surface area contributed by atoms with E-state index < -0.39 is 0 Å². The Bertz CT molecular complexity index is 39.9. The first-order valence-corrected chi connectivity index (χ1v) is 2.49. The van der Waals surface area contributed by atoms with Gasteiger partial charge in [-0.1, -0.05) is 0 Å². The minimum absolute atomic E-state index is 0.667. The summed E-state index contributed by atoms with van der Waals surface area (Å²) in [7, 11) is 0. The average Bonchev–Trinajstić information content (AvgIpc) is 1.33. The molecule has 0 aromatic carbocycles. The van der Waals surface area contributed by atoms with Crippen molar-refractivity contribution in [3.63, 3.8) is 0 Å². The van der Waals surface area contributed by atoms with E-state index >= 15 is 0 Å². The molecule has 0 N–H and O–H groups in total. The maximum absolute atomic E-state index is 4.22. The second kappa shape index (κ2) is 1.23. The molecule has 0 aromatic rings. The third-order valence-corrected chi connectivity index (χ3v) is 1.19. The SMILES string of the molecule is CC1CC(C)[N]1. The van der Waals surface area contributed by atoms with E-state index in [4.69, 9.17) is 0 Å². The fraction of sp³-hybridized carbons (Fsp3) is 1.00. The molecule has 1 radical (unpaired) electrons. The molecule has 6 heavy (non-hydrogen) atoms. The maximum Gasteiger partial charge on any atom is 0.0236 e. The molecule has 0 aliphatic carbocycles. The van der Waals surface area contributed by atoms with Gasteiger partial charge in [0.2, 0.25) is 0 Å². The summed E-state index contributed by atoms with van der Waals surface area (Å²) in [5.41, 5.74) is 0. The van der Waals surface area contributed by atoms with Gasteiger partial charge in [-0.15, -0.1) is 0 Å². The lowest BCUT2D eigenvalue weighted by molar-refractivity contribution is 0.292. The Balaban J connectivity index is 2.11. The topological polar surface area (TPSA) is 14.1 Å². The Hall–Kier alpha value is -0.0400. The van der Waals surface area contributed by atoms with E-state index in [0.717, 1.165) is 0 Å². The zero-order valence-corrected chi connectivity index (χ0v) is 4.31. The zero-order valence-electron chi connectivity index (χ0n) is 4.31. The van der Waals surface area contributed by atoms with Gasteiger partial charge in [0, 0.05) is 12.1 Å². The third kappa shape index (κ3) is 0.548. The van der Waals surface area contributed by atoms with E-state index in [9.17, 15) is 0 Å². The van der Waals surface area contributed by atoms with Gasteiger partial charge < -0.3 is 0 Å². The smallest absolute Gasteiger partial charge is 0.0236 e. The van der Waals surface area contributed by atoms with E-state index in [0.29, 0.717) is 12.1 Å². The first-order chi connectivity index (χ1) is 2.79. The quantitative estimate of drug-likeness (QED) is 0.411. The molecule has 0 aromatic heterocycles. The fourth-order valence-electron chi connectivity index (χ4n) is 0.912. The van der Waals surface area contributed by atoms with Crippen molar-refractivity contribution in [1.82, 2.24) is 5.32 Å². The van der Waals surface area contributed by atoms with Gasteiger partial charge in [0.1, 0.15) is 0 Å². The second-order valence-corrected chi connectivity index (χ2v) is 2.08. The van der Waals surface area contributed by atoms with Gasteiger partial charge >= 0.3 is 0 Å². The molecule has 0 amide bonds. The second-order valence-electron chi connectivity index (χ2n) is 2.08. The predicted octanol–water partition coefficient (Wildman–Crippen LogP) is 0.771. The van der Waals surface area contributed by atoms with Crippen LogP contribution in [0.15, 0.2) is 0 Å². The van der Waals surface area contributed by atoms with Crippen molar-refractivity contribution in [3.05, 3.63) is 0 Å². The molecule has 1 nitrogen and oxygen atoms in total. The lowest BCUT2D eigenvalue weighted by atomic mass is 10.0. The molecule has 2 atom stereocenters. The summed E-state index contributed by atoms with van der Waals surface area (Å²) in [6.07, 6.45) is 1.31. The number of rotatable bonds is 0. The van der Waals surface area contributed by atoms with Crippen molar-refractivity contribution in [2.45, 2.75) is 32.4 Å². The maximum atomic E-state index is 4.22. The van der Waals surface area contributed by atoms with Gasteiger partial charge in [-0.2, -0.15) is 0 Å². The Kier molecular flexibility index (Phi) is 0.845. The van der Waals surface area contributed by atoms with Crippen LogP contribution in [0, 0.1) is 0 Å². The van der Waals surface area contributed by atoms with Crippen molar-refractivity contribution >= 4 is 0 Å². The van der Waals surface area contributed by atoms with Crippen molar-refractivity contribution in [2.75, 3.05) is 0 Å². The Morgan fingerprint density at radius 1 is 1.33 bits per heavy atom. The van der Waals surface area contributed by atoms with Crippen LogP contribution in [0.2, 0.25) is 0 Å². The molecule has 0 spiro atoms. The summed E-state index contributed by atoms with van der Waals surface area (Å²) in [4.78, 5) is 0. The van der Waals surface area contributed by atoms with Crippen LogP contribution in [0.4, 0.5) is 0 Å². The average molecular weight is 84.1 g/mol. The highest BCUT2D eigenvalue weighted by molar-refractivity contribution is 4.80. The van der Waals surface area contributed by atoms with Gasteiger partial charge in [0.15, 0.2) is 0 Å². The third-order valence-electron chi connectivity index (χ3n) is 1.19. The summed E-state index contributed by atoms with van der Waals surface area (Å²) in [6, 6.07) is 1.33. The Labute approximate surface area is 38.7 Å². The summed E-state index contributed by atoms with van der Waals surface area (Å²) >= 11 is 0. The van der Waals surface area contributed by atoms with E-state index in [1.807, 2.05) is 0 Å². The molecular weight excluding hydrogens is 74.1 g/mol. The Morgan fingerprint density at radius 3 is 1.67 bits per heavy atom. The molecule has 0 bridgehead atoms. The van der Waals surface area contributed by atoms with Crippen LogP contribution in [-0.2, 0) is 0 Å². The van der Waals surface area contributed by atoms with Crippen LogP contribution in [-0.4, -0.2) is 12.1 Å². The molecule has 1 aliphatic heterocycles. The molecule has 35 valence electrons. The van der Waals surface area contributed by atoms with Crippen molar-refractivity contribution in [1.29, 1.82) is 0 Å². The highest BCUT2D eigenvalue weighted by Crippen LogP contribution is 2.10. The summed E-state index contributed by atoms with van der Waals surface area (Å²) in [6.45, 7) is 4.31. The summed E-state index contributed by atoms with van der Waals surface area (Å²) in [5, 5.41) is 4.22. The molecule has 1 fully saturated rings. The summed E-state index contributed by atoms with van der Waals surface area (Å²) < 4.78 is 0. The van der Waals surface area contributed by atoms with E-state index in [-0.39, 0.29) is 0 Å². The van der Waals surface area contributed by atoms with E-state index in [1.165, 1.54) is 6.42 Å². The molecule has 1 aliphatic rings. The first-order valence-electron chi connectivity index (χ1n) is 2.49. The normalized spacial score (nSPS) is 45.0. The summed E-state index contributed by atoms with van der Waals surface area (Å²) in [5.74, 6) is 0. The molecule has 1 rings (SSSR count). The lowest BCUT2D eigenvalue weighted by Crippen LogP contribution is -2.41. The van der Waals surface area contributed by atoms with Gasteiger partial charge in [-0.05, 0) is 20.3 Å². The fourth-order valence-corrected chi connectivity index (χ4v) is 0.912. The standard InChI is InChI=1S/C5H10N/c1-4-3-5(2)6-4/h4-5H,3H2,1-2H3. The molecule has 2 unspecified atom stereocenters. The van der Waals surface area contributed by atoms with Crippen LogP contribution in [0.3, 0.4) is 0 Å². The van der Waals surface area contributed by atoms with Crippen molar-refractivity contribution in [3.8, 4) is 0 Å². The number of hydrogen-bond acceptors (Lipinski definition) is 0. The van der Waals surface area contributed by atoms with Crippen LogP contribution in [0.5, 0.6) is 0 Å². The van der Waals surface area contributed by atoms with Crippen LogP contribution < -0.4 is 5.32 Å². The number of hydrogen-bond donors (Lipinski definition) is 0. The van der Waals surface area contributed by atoms with Crippen LogP contribution in [0.1, 0.15) is 20.3 Å². The minimum Gasteiger partial charge on any atom is -0.236 e. The van der Waals surface area contributed by atoms with Crippen molar-refractivity contribution < 1.29 is 0 Å². The Morgan fingerprint density at radius 2 is 1.67 bits per heavy atom. The van der Waals surface area contributed by atoms with Gasteiger partial charge in [-0.3, -0.25) is 0 Å². The highest BCUT2D eigenvalue weighted by Gasteiger charge is 2.20. The zero-order chi connectivity index (χ0) is 4.57. The molecule has 1 saturated heterocycles. The number of nitrogens with zero attached hydrogens (tertiary/aromatic N) is 1. The van der Waals surface area contributed by atoms with Crippen LogP contribution >= 0.6 is 0 Å². The monoisotopic (exact) mass is 84.1 g/mol. The highest BCUT2D eigenvalue weighted by atomic mass is 15.0. The largest absolute Gasteiger partial charge is 0.236 e. The van der Waals surface area contributed by atoms with Gasteiger partial charge in [-0.25, -0.2) is 5.32 Å². The molecule has 1 heteroatoms. The molecular formula is C5H10N. The minimum atomic E-state index is 0.667.